The summed E-state index contributed by atoms with van der Waals surface area (Å²) < 4.78 is 23.3. The summed E-state index contributed by atoms with van der Waals surface area (Å²) in [4.78, 5) is 13.0. The molecule has 0 saturated heterocycles. The van der Waals surface area contributed by atoms with E-state index in [4.69, 9.17) is 10.5 Å². The zero-order valence-electron chi connectivity index (χ0n) is 17.8. The highest BCUT2D eigenvalue weighted by Gasteiger charge is 2.25. The predicted molar refractivity (Wildman–Crippen MR) is 117 cm³/mol. The molecular formula is C23H18FN7O2. The topological polar surface area (TPSA) is 125 Å². The fraction of sp³-hybridized carbons (Fsp3) is 0.174. The number of pyridine rings is 1. The summed E-state index contributed by atoms with van der Waals surface area (Å²) >= 11 is 0. The Kier molecular flexibility index (Phi) is 4.67. The highest BCUT2D eigenvalue weighted by Crippen LogP contribution is 2.35. The first kappa shape index (κ1) is 20.4. The molecule has 0 radical (unpaired) electrons. The van der Waals surface area contributed by atoms with Gasteiger partial charge < -0.3 is 10.5 Å². The SMILES string of the molecule is C[C@H]1Oc2cc(nnc2N)-c2c(nn(C)c2C#N)Cc2cccc(=O)n2-c2ccc(F)cc21. The smallest absolute Gasteiger partial charge is 0.255 e. The number of hydrogen-bond acceptors (Lipinski definition) is 7. The van der Waals surface area contributed by atoms with Gasteiger partial charge in [-0.1, -0.05) is 6.07 Å². The maximum absolute atomic E-state index is 14.2. The second kappa shape index (κ2) is 7.56. The molecule has 0 amide bonds. The molecule has 5 rings (SSSR count). The van der Waals surface area contributed by atoms with E-state index in [-0.39, 0.29) is 29.2 Å². The second-order valence-corrected chi connectivity index (χ2v) is 7.72. The Morgan fingerprint density at radius 1 is 1.24 bits per heavy atom. The molecule has 3 aromatic heterocycles. The van der Waals surface area contributed by atoms with Gasteiger partial charge in [0.15, 0.2) is 11.6 Å². The highest BCUT2D eigenvalue weighted by molar-refractivity contribution is 5.71. The number of benzene rings is 1. The van der Waals surface area contributed by atoms with Crippen LogP contribution in [0, 0.1) is 17.1 Å². The van der Waals surface area contributed by atoms with Crippen LogP contribution >= 0.6 is 0 Å². The van der Waals surface area contributed by atoms with Crippen LogP contribution in [-0.2, 0) is 13.5 Å². The molecule has 0 fully saturated rings. The van der Waals surface area contributed by atoms with E-state index in [0.717, 1.165) is 0 Å². The molecule has 4 aromatic rings. The summed E-state index contributed by atoms with van der Waals surface area (Å²) in [6.07, 6.45) is -0.466. The molecule has 1 aromatic carbocycles. The fourth-order valence-corrected chi connectivity index (χ4v) is 4.12. The van der Waals surface area contributed by atoms with Crippen molar-refractivity contribution in [2.75, 3.05) is 5.73 Å². The molecule has 2 N–H and O–H groups in total. The third-order valence-corrected chi connectivity index (χ3v) is 5.62. The monoisotopic (exact) mass is 443 g/mol. The number of nitrogens with zero attached hydrogens (tertiary/aromatic N) is 6. The minimum absolute atomic E-state index is 0.0436. The number of hydrogen-bond donors (Lipinski definition) is 1. The number of nitrogen functional groups attached to an aromatic ring is 1. The van der Waals surface area contributed by atoms with Crippen molar-refractivity contribution in [2.24, 2.45) is 7.05 Å². The molecule has 164 valence electrons. The lowest BCUT2D eigenvalue weighted by Crippen LogP contribution is -2.23. The Bertz CT molecular complexity index is 1520. The molecule has 9 nitrogen and oxygen atoms in total. The van der Waals surface area contributed by atoms with Gasteiger partial charge in [0.2, 0.25) is 0 Å². The number of ether oxygens (including phenoxy) is 1. The van der Waals surface area contributed by atoms with Crippen LogP contribution in [0.3, 0.4) is 0 Å². The molecule has 4 heterocycles. The quantitative estimate of drug-likeness (QED) is 0.443. The maximum atomic E-state index is 14.2. The van der Waals surface area contributed by atoms with E-state index in [9.17, 15) is 14.4 Å². The Balaban J connectivity index is 1.88. The average Bonchev–Trinajstić information content (AvgIpc) is 3.09. The largest absolute Gasteiger partial charge is 0.482 e. The number of nitriles is 1. The molecule has 1 aliphatic rings. The van der Waals surface area contributed by atoms with Crippen LogP contribution in [0.1, 0.15) is 35.7 Å². The molecule has 0 spiro atoms. The molecule has 33 heavy (non-hydrogen) atoms. The van der Waals surface area contributed by atoms with Gasteiger partial charge in [-0.05, 0) is 31.2 Å². The van der Waals surface area contributed by atoms with Gasteiger partial charge in [-0.2, -0.15) is 10.4 Å². The number of halogens is 1. The first-order valence-corrected chi connectivity index (χ1v) is 10.1. The fourth-order valence-electron chi connectivity index (χ4n) is 4.12. The van der Waals surface area contributed by atoms with E-state index >= 15 is 0 Å². The second-order valence-electron chi connectivity index (χ2n) is 7.72. The molecule has 0 saturated carbocycles. The Morgan fingerprint density at radius 3 is 2.85 bits per heavy atom. The Hall–Kier alpha value is -4.52. The first-order valence-electron chi connectivity index (χ1n) is 10.1. The van der Waals surface area contributed by atoms with Crippen molar-refractivity contribution >= 4 is 5.82 Å². The van der Waals surface area contributed by atoms with Crippen LogP contribution in [0.15, 0.2) is 47.3 Å². The van der Waals surface area contributed by atoms with Gasteiger partial charge in [0.25, 0.3) is 5.56 Å². The van der Waals surface area contributed by atoms with E-state index in [1.807, 2.05) is 0 Å². The summed E-state index contributed by atoms with van der Waals surface area (Å²) in [6.45, 7) is 1.73. The lowest BCUT2D eigenvalue weighted by atomic mass is 10.0. The van der Waals surface area contributed by atoms with Crippen LogP contribution in [0.25, 0.3) is 16.9 Å². The van der Waals surface area contributed by atoms with Crippen LogP contribution in [-0.4, -0.2) is 24.5 Å². The van der Waals surface area contributed by atoms with Gasteiger partial charge in [-0.15, -0.1) is 10.2 Å². The molecule has 1 aliphatic heterocycles. The zero-order valence-corrected chi connectivity index (χ0v) is 17.8. The van der Waals surface area contributed by atoms with Crippen molar-refractivity contribution in [2.45, 2.75) is 19.4 Å². The number of anilines is 1. The summed E-state index contributed by atoms with van der Waals surface area (Å²) in [7, 11) is 1.66. The molecule has 0 aliphatic carbocycles. The van der Waals surface area contributed by atoms with Crippen molar-refractivity contribution in [3.63, 3.8) is 0 Å². The molecule has 2 bridgehead atoms. The van der Waals surface area contributed by atoms with Crippen LogP contribution in [0.4, 0.5) is 10.2 Å². The lowest BCUT2D eigenvalue weighted by Gasteiger charge is -2.22. The number of rotatable bonds is 0. The van der Waals surface area contributed by atoms with Crippen molar-refractivity contribution in [3.8, 4) is 28.8 Å². The molecular weight excluding hydrogens is 425 g/mol. The first-order chi connectivity index (χ1) is 15.9. The van der Waals surface area contributed by atoms with E-state index in [0.29, 0.717) is 33.9 Å². The zero-order chi connectivity index (χ0) is 23.3. The van der Waals surface area contributed by atoms with Crippen molar-refractivity contribution < 1.29 is 9.13 Å². The van der Waals surface area contributed by atoms with E-state index < -0.39 is 11.9 Å². The van der Waals surface area contributed by atoms with E-state index in [2.05, 4.69) is 21.4 Å². The lowest BCUT2D eigenvalue weighted by molar-refractivity contribution is 0.226. The Morgan fingerprint density at radius 2 is 2.06 bits per heavy atom. The summed E-state index contributed by atoms with van der Waals surface area (Å²) in [5, 5.41) is 22.5. The van der Waals surface area contributed by atoms with Gasteiger partial charge in [-0.3, -0.25) is 14.0 Å². The third kappa shape index (κ3) is 3.30. The highest BCUT2D eigenvalue weighted by atomic mass is 19.1. The standard InChI is InChI=1S/C23H18FN7O2/c1-12-15-8-13(24)6-7-18(15)31-14(4-3-5-21(31)32)9-17-22(19(11-25)30(2)29-17)16-10-20(33-12)23(26)28-27-16/h3-8,10,12H,9H2,1-2H3,(H2,26,28)/t12-/m1/s1. The van der Waals surface area contributed by atoms with Crippen LogP contribution < -0.4 is 16.0 Å². The van der Waals surface area contributed by atoms with Crippen LogP contribution in [0.2, 0.25) is 0 Å². The van der Waals surface area contributed by atoms with Gasteiger partial charge >= 0.3 is 0 Å². The number of fused-ring (bicyclic) bond motifs is 7. The summed E-state index contributed by atoms with van der Waals surface area (Å²) in [6, 6.07) is 12.8. The molecule has 0 unspecified atom stereocenters. The third-order valence-electron chi connectivity index (χ3n) is 5.62. The normalized spacial score (nSPS) is 14.5. The number of nitrogens with two attached hydrogens (primary N) is 1. The minimum atomic E-state index is -0.682. The predicted octanol–water partition coefficient (Wildman–Crippen LogP) is 2.67. The summed E-state index contributed by atoms with van der Waals surface area (Å²) in [5.41, 5.74) is 8.91. The van der Waals surface area contributed by atoms with Gasteiger partial charge in [-0.25, -0.2) is 4.39 Å². The average molecular weight is 443 g/mol. The Labute approximate surface area is 187 Å². The van der Waals surface area contributed by atoms with E-state index in [1.54, 1.807) is 38.2 Å². The summed E-state index contributed by atoms with van der Waals surface area (Å²) in [5.74, 6) is -0.196. The molecule has 1 atom stereocenters. The molecule has 10 heteroatoms. The van der Waals surface area contributed by atoms with Crippen molar-refractivity contribution in [1.29, 1.82) is 5.26 Å². The maximum Gasteiger partial charge on any atom is 0.255 e. The minimum Gasteiger partial charge on any atom is -0.482 e. The van der Waals surface area contributed by atoms with Crippen molar-refractivity contribution in [1.82, 2.24) is 24.5 Å². The van der Waals surface area contributed by atoms with Crippen molar-refractivity contribution in [3.05, 3.63) is 81.3 Å². The number of aromatic nitrogens is 5. The van der Waals surface area contributed by atoms with Gasteiger partial charge in [0.05, 0.1) is 16.9 Å². The number of aryl methyl sites for hydroxylation is 1. The van der Waals surface area contributed by atoms with Gasteiger partial charge in [0.1, 0.15) is 29.4 Å². The van der Waals surface area contributed by atoms with Crippen LogP contribution in [0.5, 0.6) is 5.75 Å². The van der Waals surface area contributed by atoms with Gasteiger partial charge in [0, 0.05) is 36.9 Å². The van der Waals surface area contributed by atoms with E-state index in [1.165, 1.54) is 27.4 Å².